The van der Waals surface area contributed by atoms with Crippen LogP contribution in [0.15, 0.2) is 18.2 Å². The van der Waals surface area contributed by atoms with Gasteiger partial charge in [0, 0.05) is 13.0 Å². The van der Waals surface area contributed by atoms with E-state index in [-0.39, 0.29) is 6.42 Å². The van der Waals surface area contributed by atoms with Crippen LogP contribution in [0.25, 0.3) is 11.0 Å². The fourth-order valence-electron chi connectivity index (χ4n) is 2.60. The molecule has 21 heavy (non-hydrogen) atoms. The maximum atomic E-state index is 10.8. The SMILES string of the molecule is CCCCc1nc2cc(CC(=O)O)ccc2n1CC(C)C. The topological polar surface area (TPSA) is 55.1 Å². The highest BCUT2D eigenvalue weighted by atomic mass is 16.4. The van der Waals surface area contributed by atoms with Crippen LogP contribution in [-0.2, 0) is 24.2 Å². The third kappa shape index (κ3) is 3.84. The molecule has 0 saturated heterocycles. The first-order chi connectivity index (χ1) is 10.0. The molecular formula is C17H24N2O2. The Morgan fingerprint density at radius 3 is 2.76 bits per heavy atom. The van der Waals surface area contributed by atoms with E-state index in [1.54, 1.807) is 0 Å². The molecule has 2 rings (SSSR count). The second kappa shape index (κ2) is 6.74. The summed E-state index contributed by atoms with van der Waals surface area (Å²) in [7, 11) is 0. The molecule has 1 N–H and O–H groups in total. The summed E-state index contributed by atoms with van der Waals surface area (Å²) in [5.74, 6) is 0.872. The lowest BCUT2D eigenvalue weighted by atomic mass is 10.1. The number of carboxylic acid groups (broad SMARTS) is 1. The monoisotopic (exact) mass is 288 g/mol. The highest BCUT2D eigenvalue weighted by molar-refractivity contribution is 5.79. The van der Waals surface area contributed by atoms with Crippen molar-refractivity contribution in [2.45, 2.75) is 53.0 Å². The van der Waals surface area contributed by atoms with Crippen LogP contribution in [0, 0.1) is 5.92 Å². The quantitative estimate of drug-likeness (QED) is 0.846. The molecular weight excluding hydrogens is 264 g/mol. The van der Waals surface area contributed by atoms with Gasteiger partial charge in [0.15, 0.2) is 0 Å². The number of imidazole rings is 1. The largest absolute Gasteiger partial charge is 0.481 e. The normalized spacial score (nSPS) is 11.4. The Labute approximate surface area is 125 Å². The number of aromatic nitrogens is 2. The van der Waals surface area contributed by atoms with Gasteiger partial charge in [-0.1, -0.05) is 33.3 Å². The Kier molecular flexibility index (Phi) is 4.99. The number of fused-ring (bicyclic) bond motifs is 1. The third-order valence-corrected chi connectivity index (χ3v) is 3.55. The van der Waals surface area contributed by atoms with Crippen LogP contribution >= 0.6 is 0 Å². The maximum absolute atomic E-state index is 10.8. The van der Waals surface area contributed by atoms with Crippen molar-refractivity contribution in [2.75, 3.05) is 0 Å². The molecule has 0 aliphatic rings. The lowest BCUT2D eigenvalue weighted by molar-refractivity contribution is -0.136. The van der Waals surface area contributed by atoms with Gasteiger partial charge >= 0.3 is 5.97 Å². The molecule has 0 bridgehead atoms. The van der Waals surface area contributed by atoms with E-state index in [0.29, 0.717) is 5.92 Å². The minimum absolute atomic E-state index is 0.0529. The average molecular weight is 288 g/mol. The fraction of sp³-hybridized carbons (Fsp3) is 0.529. The van der Waals surface area contributed by atoms with E-state index < -0.39 is 5.97 Å². The van der Waals surface area contributed by atoms with E-state index in [4.69, 9.17) is 10.1 Å². The zero-order chi connectivity index (χ0) is 15.4. The van der Waals surface area contributed by atoms with Gasteiger partial charge in [0.25, 0.3) is 0 Å². The van der Waals surface area contributed by atoms with Crippen LogP contribution in [-0.4, -0.2) is 20.6 Å². The van der Waals surface area contributed by atoms with Gasteiger partial charge in [-0.25, -0.2) is 4.98 Å². The minimum atomic E-state index is -0.804. The van der Waals surface area contributed by atoms with Crippen molar-refractivity contribution < 1.29 is 9.90 Å². The smallest absolute Gasteiger partial charge is 0.307 e. The second-order valence-electron chi connectivity index (χ2n) is 6.03. The van der Waals surface area contributed by atoms with Crippen molar-refractivity contribution in [2.24, 2.45) is 5.92 Å². The Balaban J connectivity index is 2.42. The zero-order valence-corrected chi connectivity index (χ0v) is 13.1. The summed E-state index contributed by atoms with van der Waals surface area (Å²) in [6.07, 6.45) is 3.31. The summed E-state index contributed by atoms with van der Waals surface area (Å²) in [6.45, 7) is 7.54. The number of unbranched alkanes of at least 4 members (excludes halogenated alkanes) is 1. The Morgan fingerprint density at radius 1 is 1.38 bits per heavy atom. The number of rotatable bonds is 7. The molecule has 0 radical (unpaired) electrons. The molecule has 1 aromatic heterocycles. The van der Waals surface area contributed by atoms with Crippen molar-refractivity contribution in [3.8, 4) is 0 Å². The van der Waals surface area contributed by atoms with Crippen LogP contribution in [0.3, 0.4) is 0 Å². The highest BCUT2D eigenvalue weighted by Gasteiger charge is 2.12. The number of hydrogen-bond donors (Lipinski definition) is 1. The Morgan fingerprint density at radius 2 is 2.14 bits per heavy atom. The summed E-state index contributed by atoms with van der Waals surface area (Å²) < 4.78 is 2.29. The molecule has 1 heterocycles. The van der Waals surface area contributed by atoms with Gasteiger partial charge in [0.1, 0.15) is 5.82 Å². The summed E-state index contributed by atoms with van der Waals surface area (Å²) in [6, 6.07) is 5.83. The molecule has 0 aliphatic carbocycles. The summed E-state index contributed by atoms with van der Waals surface area (Å²) >= 11 is 0. The standard InChI is InChI=1S/C17H24N2O2/c1-4-5-6-16-18-14-9-13(10-17(20)21)7-8-15(14)19(16)11-12(2)3/h7-9,12H,4-6,10-11H2,1-3H3,(H,20,21). The van der Waals surface area contributed by atoms with Crippen LogP contribution in [0.1, 0.15) is 45.0 Å². The van der Waals surface area contributed by atoms with Crippen molar-refractivity contribution in [1.29, 1.82) is 0 Å². The molecule has 0 atom stereocenters. The molecule has 4 heteroatoms. The van der Waals surface area contributed by atoms with E-state index in [9.17, 15) is 4.79 Å². The van der Waals surface area contributed by atoms with Gasteiger partial charge in [-0.15, -0.1) is 0 Å². The molecule has 4 nitrogen and oxygen atoms in total. The summed E-state index contributed by atoms with van der Waals surface area (Å²) in [5, 5.41) is 8.91. The molecule has 0 amide bonds. The van der Waals surface area contributed by atoms with E-state index in [1.807, 2.05) is 18.2 Å². The van der Waals surface area contributed by atoms with Crippen molar-refractivity contribution >= 4 is 17.0 Å². The van der Waals surface area contributed by atoms with Crippen molar-refractivity contribution in [3.05, 3.63) is 29.6 Å². The number of hydrogen-bond acceptors (Lipinski definition) is 2. The van der Waals surface area contributed by atoms with Gasteiger partial charge < -0.3 is 9.67 Å². The molecule has 0 spiro atoms. The maximum Gasteiger partial charge on any atom is 0.307 e. The average Bonchev–Trinajstić information content (AvgIpc) is 2.72. The first-order valence-electron chi connectivity index (χ1n) is 7.71. The van der Waals surface area contributed by atoms with Gasteiger partial charge in [0.2, 0.25) is 0 Å². The number of nitrogens with zero attached hydrogens (tertiary/aromatic N) is 2. The Bertz CT molecular complexity index is 629. The molecule has 1 aromatic carbocycles. The first kappa shape index (κ1) is 15.5. The summed E-state index contributed by atoms with van der Waals surface area (Å²) in [5.41, 5.74) is 2.84. The number of aryl methyl sites for hydroxylation is 1. The zero-order valence-electron chi connectivity index (χ0n) is 13.1. The minimum Gasteiger partial charge on any atom is -0.481 e. The number of benzene rings is 1. The van der Waals surface area contributed by atoms with E-state index in [0.717, 1.165) is 48.2 Å². The molecule has 0 saturated carbocycles. The molecule has 0 unspecified atom stereocenters. The predicted molar refractivity (Wildman–Crippen MR) is 84.5 cm³/mol. The summed E-state index contributed by atoms with van der Waals surface area (Å²) in [4.78, 5) is 15.6. The van der Waals surface area contributed by atoms with Crippen LogP contribution in [0.5, 0.6) is 0 Å². The Hall–Kier alpha value is -1.84. The fourth-order valence-corrected chi connectivity index (χ4v) is 2.60. The number of aliphatic carboxylic acids is 1. The van der Waals surface area contributed by atoms with Crippen LogP contribution in [0.4, 0.5) is 0 Å². The molecule has 2 aromatic rings. The van der Waals surface area contributed by atoms with E-state index in [2.05, 4.69) is 25.3 Å². The van der Waals surface area contributed by atoms with Crippen molar-refractivity contribution in [1.82, 2.24) is 9.55 Å². The second-order valence-corrected chi connectivity index (χ2v) is 6.03. The lowest BCUT2D eigenvalue weighted by Gasteiger charge is -2.11. The van der Waals surface area contributed by atoms with Crippen LogP contribution in [0.2, 0.25) is 0 Å². The first-order valence-corrected chi connectivity index (χ1v) is 7.71. The van der Waals surface area contributed by atoms with Gasteiger partial charge in [-0.05, 0) is 30.0 Å². The number of carboxylic acids is 1. The van der Waals surface area contributed by atoms with Gasteiger partial charge in [-0.3, -0.25) is 4.79 Å². The predicted octanol–water partition coefficient (Wildman–Crippen LogP) is 3.66. The third-order valence-electron chi connectivity index (χ3n) is 3.55. The van der Waals surface area contributed by atoms with E-state index >= 15 is 0 Å². The lowest BCUT2D eigenvalue weighted by Crippen LogP contribution is -2.08. The van der Waals surface area contributed by atoms with Crippen molar-refractivity contribution in [3.63, 3.8) is 0 Å². The molecule has 0 fully saturated rings. The highest BCUT2D eigenvalue weighted by Crippen LogP contribution is 2.21. The van der Waals surface area contributed by atoms with Crippen LogP contribution < -0.4 is 0 Å². The van der Waals surface area contributed by atoms with Gasteiger partial charge in [-0.2, -0.15) is 0 Å². The van der Waals surface area contributed by atoms with Gasteiger partial charge in [0.05, 0.1) is 17.5 Å². The molecule has 114 valence electrons. The number of carbonyl (C=O) groups is 1. The molecule has 0 aliphatic heterocycles. The van der Waals surface area contributed by atoms with E-state index in [1.165, 1.54) is 0 Å².